The Hall–Kier alpha value is -1.70. The summed E-state index contributed by atoms with van der Waals surface area (Å²) in [5, 5.41) is 4.45. The lowest BCUT2D eigenvalue weighted by Crippen LogP contribution is -2.39. The van der Waals surface area contributed by atoms with Crippen LogP contribution in [0.25, 0.3) is 0 Å². The van der Waals surface area contributed by atoms with E-state index in [9.17, 15) is 8.42 Å². The quantitative estimate of drug-likeness (QED) is 0.819. The van der Waals surface area contributed by atoms with E-state index in [1.807, 2.05) is 12.3 Å². The Bertz CT molecular complexity index is 816. The van der Waals surface area contributed by atoms with E-state index in [0.29, 0.717) is 6.54 Å². The van der Waals surface area contributed by atoms with E-state index in [2.05, 4.69) is 50.6 Å². The molecular formula is C18H26N4O2S. The van der Waals surface area contributed by atoms with E-state index >= 15 is 0 Å². The number of benzene rings is 1. The molecule has 0 unspecified atom stereocenters. The van der Waals surface area contributed by atoms with Gasteiger partial charge in [0, 0.05) is 32.4 Å². The highest BCUT2D eigenvalue weighted by atomic mass is 32.2. The first-order chi connectivity index (χ1) is 12.0. The molecule has 0 saturated heterocycles. The molecule has 3 rings (SSSR count). The van der Waals surface area contributed by atoms with Crippen molar-refractivity contribution in [1.82, 2.24) is 19.4 Å². The fraction of sp³-hybridized carbons (Fsp3) is 0.500. The molecule has 2 heterocycles. The number of aromatic nitrogens is 2. The van der Waals surface area contributed by atoms with Crippen molar-refractivity contribution in [2.24, 2.45) is 0 Å². The molecule has 7 heteroatoms. The van der Waals surface area contributed by atoms with Gasteiger partial charge in [-0.3, -0.25) is 9.58 Å². The highest BCUT2D eigenvalue weighted by molar-refractivity contribution is 7.89. The largest absolute Gasteiger partial charge is 0.291 e. The van der Waals surface area contributed by atoms with E-state index in [0.717, 1.165) is 26.1 Å². The van der Waals surface area contributed by atoms with Crippen molar-refractivity contribution in [3.8, 4) is 0 Å². The van der Waals surface area contributed by atoms with Gasteiger partial charge in [0.05, 0.1) is 17.5 Å². The van der Waals surface area contributed by atoms with Crippen LogP contribution in [-0.2, 0) is 23.1 Å². The minimum absolute atomic E-state index is 0.115. The number of sulfonamides is 1. The number of nitrogens with zero attached hydrogens (tertiary/aromatic N) is 3. The molecule has 6 nitrogen and oxygen atoms in total. The van der Waals surface area contributed by atoms with E-state index in [1.54, 1.807) is 6.92 Å². The predicted molar refractivity (Wildman–Crippen MR) is 98.6 cm³/mol. The van der Waals surface area contributed by atoms with Gasteiger partial charge in [-0.25, -0.2) is 13.1 Å². The van der Waals surface area contributed by atoms with Crippen molar-refractivity contribution in [3.05, 3.63) is 53.3 Å². The second-order valence-electron chi connectivity index (χ2n) is 6.60. The molecule has 1 atom stereocenters. The zero-order chi connectivity index (χ0) is 17.9. The highest BCUT2D eigenvalue weighted by Crippen LogP contribution is 2.24. The Morgan fingerprint density at radius 2 is 2.08 bits per heavy atom. The molecule has 1 aromatic heterocycles. The number of rotatable bonds is 7. The number of aryl methyl sites for hydroxylation is 1. The lowest BCUT2D eigenvalue weighted by atomic mass is 10.1. The van der Waals surface area contributed by atoms with Crippen LogP contribution in [0.5, 0.6) is 0 Å². The fourth-order valence-corrected chi connectivity index (χ4v) is 3.94. The van der Waals surface area contributed by atoms with Gasteiger partial charge in [0.1, 0.15) is 0 Å². The Morgan fingerprint density at radius 1 is 1.28 bits per heavy atom. The summed E-state index contributed by atoms with van der Waals surface area (Å²) in [6.45, 7) is 6.87. The van der Waals surface area contributed by atoms with Gasteiger partial charge < -0.3 is 0 Å². The van der Waals surface area contributed by atoms with Crippen LogP contribution in [0.1, 0.15) is 36.2 Å². The first-order valence-electron chi connectivity index (χ1n) is 8.75. The Labute approximate surface area is 149 Å². The predicted octanol–water partition coefficient (Wildman–Crippen LogP) is 2.08. The molecular weight excluding hydrogens is 336 g/mol. The lowest BCUT2D eigenvalue weighted by molar-refractivity contribution is 0.162. The van der Waals surface area contributed by atoms with Gasteiger partial charge >= 0.3 is 0 Å². The molecule has 1 aromatic carbocycles. The summed E-state index contributed by atoms with van der Waals surface area (Å²) in [5.41, 5.74) is 3.82. The van der Waals surface area contributed by atoms with Gasteiger partial charge in [-0.05, 0) is 37.5 Å². The molecule has 0 aliphatic carbocycles. The summed E-state index contributed by atoms with van der Waals surface area (Å²) < 4.78 is 28.0. The molecule has 1 aliphatic heterocycles. The second kappa shape index (κ2) is 7.68. The molecule has 2 aromatic rings. The average molecular weight is 362 g/mol. The summed E-state index contributed by atoms with van der Waals surface area (Å²) in [5.74, 6) is 0.115. The zero-order valence-corrected chi connectivity index (χ0v) is 15.7. The van der Waals surface area contributed by atoms with Crippen molar-refractivity contribution in [1.29, 1.82) is 0 Å². The minimum Gasteiger partial charge on any atom is -0.291 e. The molecule has 0 bridgehead atoms. The Balaban J connectivity index is 1.68. The monoisotopic (exact) mass is 362 g/mol. The van der Waals surface area contributed by atoms with Crippen LogP contribution in [0.15, 0.2) is 36.5 Å². The molecule has 0 saturated carbocycles. The number of hydrogen-bond acceptors (Lipinski definition) is 4. The van der Waals surface area contributed by atoms with E-state index < -0.39 is 10.0 Å². The maximum absolute atomic E-state index is 11.6. The first kappa shape index (κ1) is 18.1. The van der Waals surface area contributed by atoms with Crippen LogP contribution in [-0.4, -0.2) is 41.9 Å². The van der Waals surface area contributed by atoms with Crippen molar-refractivity contribution in [2.45, 2.75) is 39.4 Å². The van der Waals surface area contributed by atoms with Crippen molar-refractivity contribution >= 4 is 10.0 Å². The normalized spacial score (nSPS) is 18.2. The molecule has 136 valence electrons. The standard InChI is InChI=1S/C18H26N4O2S/c1-3-25(23,24)20-11-9-18-14-21(13-17-8-10-19-22(17)18)12-16-7-5-4-6-15(16)2/h4-8,10,18,20H,3,9,11-14H2,1-2H3/t18-/m1/s1. The number of nitrogens with one attached hydrogen (secondary N) is 1. The fourth-order valence-electron chi connectivity index (χ4n) is 3.31. The topological polar surface area (TPSA) is 67.2 Å². The summed E-state index contributed by atoms with van der Waals surface area (Å²) in [4.78, 5) is 2.42. The third kappa shape index (κ3) is 4.48. The van der Waals surface area contributed by atoms with Crippen LogP contribution in [0.4, 0.5) is 0 Å². The second-order valence-corrected chi connectivity index (χ2v) is 8.70. The average Bonchev–Trinajstić information content (AvgIpc) is 3.05. The summed E-state index contributed by atoms with van der Waals surface area (Å²) in [6.07, 6.45) is 2.56. The third-order valence-electron chi connectivity index (χ3n) is 4.79. The molecule has 1 aliphatic rings. The van der Waals surface area contributed by atoms with Crippen LogP contribution < -0.4 is 4.72 Å². The third-order valence-corrected chi connectivity index (χ3v) is 6.19. The smallest absolute Gasteiger partial charge is 0.211 e. The van der Waals surface area contributed by atoms with Gasteiger partial charge in [0.25, 0.3) is 0 Å². The maximum atomic E-state index is 11.6. The van der Waals surface area contributed by atoms with Crippen LogP contribution in [0.3, 0.4) is 0 Å². The molecule has 1 N–H and O–H groups in total. The van der Waals surface area contributed by atoms with Gasteiger partial charge in [0.15, 0.2) is 0 Å². The summed E-state index contributed by atoms with van der Waals surface area (Å²) >= 11 is 0. The summed E-state index contributed by atoms with van der Waals surface area (Å²) in [7, 11) is -3.15. The van der Waals surface area contributed by atoms with E-state index in [-0.39, 0.29) is 11.8 Å². The van der Waals surface area contributed by atoms with Gasteiger partial charge in [-0.1, -0.05) is 24.3 Å². The van der Waals surface area contributed by atoms with Gasteiger partial charge in [-0.15, -0.1) is 0 Å². The molecule has 0 radical (unpaired) electrons. The van der Waals surface area contributed by atoms with Crippen molar-refractivity contribution < 1.29 is 8.42 Å². The number of fused-ring (bicyclic) bond motifs is 1. The van der Waals surface area contributed by atoms with Gasteiger partial charge in [-0.2, -0.15) is 5.10 Å². The summed E-state index contributed by atoms with van der Waals surface area (Å²) in [6, 6.07) is 10.7. The zero-order valence-electron chi connectivity index (χ0n) is 14.9. The van der Waals surface area contributed by atoms with Crippen LogP contribution >= 0.6 is 0 Å². The molecule has 0 fully saturated rings. The Morgan fingerprint density at radius 3 is 2.84 bits per heavy atom. The van der Waals surface area contributed by atoms with Gasteiger partial charge in [0.2, 0.25) is 10.0 Å². The SMILES string of the molecule is CCS(=O)(=O)NCC[C@@H]1CN(Cc2ccccc2C)Cc2ccnn21. The minimum atomic E-state index is -3.15. The highest BCUT2D eigenvalue weighted by Gasteiger charge is 2.25. The molecule has 0 spiro atoms. The lowest BCUT2D eigenvalue weighted by Gasteiger charge is -2.34. The number of hydrogen-bond donors (Lipinski definition) is 1. The van der Waals surface area contributed by atoms with E-state index in [1.165, 1.54) is 16.8 Å². The maximum Gasteiger partial charge on any atom is 0.211 e. The van der Waals surface area contributed by atoms with Crippen molar-refractivity contribution in [3.63, 3.8) is 0 Å². The van der Waals surface area contributed by atoms with Crippen LogP contribution in [0.2, 0.25) is 0 Å². The molecule has 25 heavy (non-hydrogen) atoms. The Kier molecular flexibility index (Phi) is 5.56. The van der Waals surface area contributed by atoms with Crippen molar-refractivity contribution in [2.75, 3.05) is 18.8 Å². The van der Waals surface area contributed by atoms with Crippen LogP contribution in [0, 0.1) is 6.92 Å². The first-order valence-corrected chi connectivity index (χ1v) is 10.4. The molecule has 0 amide bonds. The van der Waals surface area contributed by atoms with E-state index in [4.69, 9.17) is 0 Å².